The van der Waals surface area contributed by atoms with E-state index < -0.39 is 5.60 Å². The van der Waals surface area contributed by atoms with Crippen LogP contribution in [0.1, 0.15) is 53.4 Å². The van der Waals surface area contributed by atoms with Gasteiger partial charge < -0.3 is 9.64 Å². The summed E-state index contributed by atoms with van der Waals surface area (Å²) in [6.07, 6.45) is 4.00. The first-order chi connectivity index (χ1) is 9.26. The highest BCUT2D eigenvalue weighted by molar-refractivity contribution is 8.13. The number of fused-ring (bicyclic) bond motifs is 2. The molecule has 2 saturated heterocycles. The van der Waals surface area contributed by atoms with Crippen LogP contribution in [0.25, 0.3) is 0 Å². The lowest BCUT2D eigenvalue weighted by Crippen LogP contribution is -2.48. The monoisotopic (exact) mass is 299 g/mol. The molecule has 2 aliphatic rings. The van der Waals surface area contributed by atoms with Crippen LogP contribution in [0.3, 0.4) is 0 Å². The van der Waals surface area contributed by atoms with Crippen molar-refractivity contribution >= 4 is 23.0 Å². The number of ether oxygens (including phenoxy) is 1. The van der Waals surface area contributed by atoms with E-state index in [1.54, 1.807) is 6.92 Å². The normalized spacial score (nSPS) is 29.4. The molecule has 2 fully saturated rings. The molecule has 4 nitrogen and oxygen atoms in total. The maximum absolute atomic E-state index is 12.3. The van der Waals surface area contributed by atoms with E-state index in [2.05, 4.69) is 0 Å². The highest BCUT2D eigenvalue weighted by atomic mass is 32.2. The van der Waals surface area contributed by atoms with Crippen molar-refractivity contribution in [2.75, 3.05) is 5.75 Å². The van der Waals surface area contributed by atoms with E-state index in [-0.39, 0.29) is 11.2 Å². The summed E-state index contributed by atoms with van der Waals surface area (Å²) >= 11 is 1.42. The predicted molar refractivity (Wildman–Crippen MR) is 80.7 cm³/mol. The number of amides is 1. The largest absolute Gasteiger partial charge is 0.444 e. The van der Waals surface area contributed by atoms with Gasteiger partial charge in [0, 0.05) is 24.8 Å². The number of thioether (sulfide) groups is 1. The summed E-state index contributed by atoms with van der Waals surface area (Å²) in [7, 11) is 0. The van der Waals surface area contributed by atoms with Crippen LogP contribution in [0, 0.1) is 5.92 Å². The average molecular weight is 299 g/mol. The van der Waals surface area contributed by atoms with Gasteiger partial charge in [-0.15, -0.1) is 0 Å². The first-order valence-electron chi connectivity index (χ1n) is 7.41. The van der Waals surface area contributed by atoms with Gasteiger partial charge in [0.25, 0.3) is 0 Å². The molecular formula is C15H25NO3S. The number of carbonyl (C=O) groups is 2. The van der Waals surface area contributed by atoms with Gasteiger partial charge in [0.2, 0.25) is 0 Å². The molecule has 2 aliphatic heterocycles. The summed E-state index contributed by atoms with van der Waals surface area (Å²) in [6.45, 7) is 7.34. The van der Waals surface area contributed by atoms with Crippen molar-refractivity contribution in [1.29, 1.82) is 0 Å². The highest BCUT2D eigenvalue weighted by Crippen LogP contribution is 2.40. The maximum atomic E-state index is 12.3. The molecule has 2 bridgehead atoms. The summed E-state index contributed by atoms with van der Waals surface area (Å²) in [4.78, 5) is 25.3. The fourth-order valence-corrected chi connectivity index (χ4v) is 4.02. The zero-order valence-electron chi connectivity index (χ0n) is 12.8. The third-order valence-electron chi connectivity index (χ3n) is 3.96. The average Bonchev–Trinajstić information content (AvgIpc) is 2.56. The Balaban J connectivity index is 1.93. The Labute approximate surface area is 125 Å². The molecule has 0 aromatic carbocycles. The van der Waals surface area contributed by atoms with Crippen molar-refractivity contribution in [3.63, 3.8) is 0 Å². The lowest BCUT2D eigenvalue weighted by Gasteiger charge is -2.39. The van der Waals surface area contributed by atoms with Crippen molar-refractivity contribution in [3.8, 4) is 0 Å². The minimum absolute atomic E-state index is 0.164. The fraction of sp³-hybridized carbons (Fsp3) is 0.867. The van der Waals surface area contributed by atoms with Gasteiger partial charge in [-0.2, -0.15) is 0 Å². The SMILES string of the molecule is CC(=O)SCC1CC2CCC(C1)N2C(=O)OC(C)(C)C. The molecule has 0 N–H and O–H groups in total. The third-order valence-corrected chi connectivity index (χ3v) is 5.00. The molecule has 0 saturated carbocycles. The first kappa shape index (κ1) is 15.7. The van der Waals surface area contributed by atoms with Crippen LogP contribution in [-0.2, 0) is 9.53 Å². The topological polar surface area (TPSA) is 46.6 Å². The van der Waals surface area contributed by atoms with E-state index in [4.69, 9.17) is 4.74 Å². The van der Waals surface area contributed by atoms with Crippen LogP contribution in [0.5, 0.6) is 0 Å². The van der Waals surface area contributed by atoms with E-state index in [1.807, 2.05) is 25.7 Å². The second-order valence-corrected chi connectivity index (χ2v) is 8.11. The summed E-state index contributed by atoms with van der Waals surface area (Å²) in [5.74, 6) is 1.45. The van der Waals surface area contributed by atoms with Crippen molar-refractivity contribution in [2.24, 2.45) is 5.92 Å². The van der Waals surface area contributed by atoms with Crippen LogP contribution in [0.15, 0.2) is 0 Å². The molecule has 20 heavy (non-hydrogen) atoms. The molecule has 2 rings (SSSR count). The van der Waals surface area contributed by atoms with Gasteiger partial charge in [-0.1, -0.05) is 11.8 Å². The Morgan fingerprint density at radius 2 is 1.75 bits per heavy atom. The number of hydrogen-bond donors (Lipinski definition) is 0. The Morgan fingerprint density at radius 3 is 2.20 bits per heavy atom. The maximum Gasteiger partial charge on any atom is 0.410 e. The van der Waals surface area contributed by atoms with Gasteiger partial charge in [-0.3, -0.25) is 4.79 Å². The van der Waals surface area contributed by atoms with Crippen LogP contribution >= 0.6 is 11.8 Å². The number of piperidine rings is 1. The zero-order chi connectivity index (χ0) is 14.9. The van der Waals surface area contributed by atoms with Gasteiger partial charge in [0.05, 0.1) is 0 Å². The van der Waals surface area contributed by atoms with Crippen molar-refractivity contribution in [3.05, 3.63) is 0 Å². The van der Waals surface area contributed by atoms with E-state index >= 15 is 0 Å². The minimum Gasteiger partial charge on any atom is -0.444 e. The second kappa shape index (κ2) is 5.96. The molecule has 2 atom stereocenters. The summed E-state index contributed by atoms with van der Waals surface area (Å²) in [5, 5.41) is 0.187. The molecule has 0 aliphatic carbocycles. The summed E-state index contributed by atoms with van der Waals surface area (Å²) in [5.41, 5.74) is -0.433. The minimum atomic E-state index is -0.433. The Bertz CT molecular complexity index is 377. The van der Waals surface area contributed by atoms with E-state index in [0.29, 0.717) is 18.0 Å². The molecule has 0 spiro atoms. The first-order valence-corrected chi connectivity index (χ1v) is 8.39. The molecule has 0 aromatic heterocycles. The van der Waals surface area contributed by atoms with Gasteiger partial charge in [0.15, 0.2) is 5.12 Å². The zero-order valence-corrected chi connectivity index (χ0v) is 13.7. The quantitative estimate of drug-likeness (QED) is 0.783. The fourth-order valence-electron chi connectivity index (χ4n) is 3.27. The number of carbonyl (C=O) groups excluding carboxylic acids is 2. The van der Waals surface area contributed by atoms with E-state index in [0.717, 1.165) is 31.4 Å². The second-order valence-electron chi connectivity index (χ2n) is 6.91. The van der Waals surface area contributed by atoms with Gasteiger partial charge in [-0.25, -0.2) is 4.79 Å². The lowest BCUT2D eigenvalue weighted by molar-refractivity contribution is -0.109. The summed E-state index contributed by atoms with van der Waals surface area (Å²) in [6, 6.07) is 0.613. The molecule has 5 heteroatoms. The van der Waals surface area contributed by atoms with Crippen molar-refractivity contribution in [1.82, 2.24) is 4.90 Å². The molecular weight excluding hydrogens is 274 g/mol. The number of nitrogens with zero attached hydrogens (tertiary/aromatic N) is 1. The lowest BCUT2D eigenvalue weighted by atomic mass is 9.92. The van der Waals surface area contributed by atoms with E-state index in [9.17, 15) is 9.59 Å². The van der Waals surface area contributed by atoms with Crippen molar-refractivity contribution in [2.45, 2.75) is 71.1 Å². The standard InChI is InChI=1S/C15H25NO3S/c1-10(17)20-9-11-7-12-5-6-13(8-11)16(12)14(18)19-15(2,3)4/h11-13H,5-9H2,1-4H3. The molecule has 114 valence electrons. The Hall–Kier alpha value is -0.710. The van der Waals surface area contributed by atoms with Gasteiger partial charge in [-0.05, 0) is 52.4 Å². The van der Waals surface area contributed by atoms with Crippen LogP contribution in [-0.4, -0.2) is 39.5 Å². The van der Waals surface area contributed by atoms with Gasteiger partial charge in [0.1, 0.15) is 5.60 Å². The number of hydrogen-bond acceptors (Lipinski definition) is 4. The van der Waals surface area contributed by atoms with Crippen LogP contribution in [0.4, 0.5) is 4.79 Å². The molecule has 1 amide bonds. The molecule has 2 unspecified atom stereocenters. The Morgan fingerprint density at radius 1 is 1.20 bits per heavy atom. The molecule has 0 aromatic rings. The highest BCUT2D eigenvalue weighted by Gasteiger charge is 2.44. The van der Waals surface area contributed by atoms with Crippen LogP contribution < -0.4 is 0 Å². The third kappa shape index (κ3) is 3.90. The number of rotatable bonds is 2. The molecule has 0 radical (unpaired) electrons. The van der Waals surface area contributed by atoms with E-state index in [1.165, 1.54) is 11.8 Å². The predicted octanol–water partition coefficient (Wildman–Crippen LogP) is 3.44. The smallest absolute Gasteiger partial charge is 0.410 e. The Kier molecular flexibility index (Phi) is 4.67. The summed E-state index contributed by atoms with van der Waals surface area (Å²) < 4.78 is 5.52. The molecule has 2 heterocycles. The van der Waals surface area contributed by atoms with Crippen LogP contribution in [0.2, 0.25) is 0 Å². The van der Waals surface area contributed by atoms with Gasteiger partial charge >= 0.3 is 6.09 Å². The van der Waals surface area contributed by atoms with Crippen molar-refractivity contribution < 1.29 is 14.3 Å².